The first-order valence-electron chi connectivity index (χ1n) is 2.76. The van der Waals surface area contributed by atoms with Crippen LogP contribution in [-0.2, 0) is 0 Å². The van der Waals surface area contributed by atoms with Gasteiger partial charge in [-0.05, 0) is 0 Å². The Balaban J connectivity index is 2.74. The molecule has 1 heterocycles. The molecule has 0 spiro atoms. The van der Waals surface area contributed by atoms with Crippen LogP contribution in [0.2, 0.25) is 0 Å². The van der Waals surface area contributed by atoms with Crippen molar-refractivity contribution >= 4 is 0 Å². The number of halogens is 1. The summed E-state index contributed by atoms with van der Waals surface area (Å²) in [7, 11) is 0. The van der Waals surface area contributed by atoms with Crippen molar-refractivity contribution in [1.82, 2.24) is 0 Å². The number of rotatable bonds is 0. The average molecular weight is 239 g/mol. The van der Waals surface area contributed by atoms with Gasteiger partial charge in [0.2, 0.25) is 0 Å². The maximum atomic E-state index is 9.10. The van der Waals surface area contributed by atoms with Gasteiger partial charge in [0.1, 0.15) is 0 Å². The second-order valence-corrected chi connectivity index (χ2v) is 5.38. The van der Waals surface area contributed by atoms with Gasteiger partial charge in [-0.1, -0.05) is 0 Å². The Morgan fingerprint density at radius 3 is 2.67 bits per heavy atom. The fraction of sp³-hybridized carbons (Fsp3) is 0.333. The fourth-order valence-corrected chi connectivity index (χ4v) is 2.92. The molecule has 0 amide bonds. The van der Waals surface area contributed by atoms with E-state index in [0.717, 1.165) is 5.57 Å². The summed E-state index contributed by atoms with van der Waals surface area (Å²) in [6.45, 7) is 4.07. The quantitative estimate of drug-likeness (QED) is 0.344. The molecule has 0 radical (unpaired) electrons. The molecule has 0 saturated heterocycles. The van der Waals surface area contributed by atoms with E-state index in [0.29, 0.717) is 3.28 Å². The van der Waals surface area contributed by atoms with Crippen molar-refractivity contribution < 1.29 is 30.0 Å². The first-order chi connectivity index (χ1) is 4.18. The molecule has 2 nitrogen and oxygen atoms in total. The number of nitrogens with one attached hydrogen (secondary N) is 1. The van der Waals surface area contributed by atoms with E-state index in [-0.39, 0.29) is 21.5 Å². The summed E-state index contributed by atoms with van der Waals surface area (Å²) in [4.78, 5) is 0. The summed E-state index contributed by atoms with van der Waals surface area (Å²) >= 11 is -0.181. The van der Waals surface area contributed by atoms with Crippen LogP contribution in [0.25, 0.3) is 0 Å². The van der Waals surface area contributed by atoms with Crippen molar-refractivity contribution in [1.29, 1.82) is 0 Å². The Bertz CT molecular complexity index is 174. The predicted molar refractivity (Wildman–Crippen MR) is 30.3 cm³/mol. The third-order valence-corrected chi connectivity index (χ3v) is 3.05. The zero-order valence-corrected chi connectivity index (χ0v) is 7.64. The van der Waals surface area contributed by atoms with E-state index in [4.69, 9.17) is 5.21 Å². The van der Waals surface area contributed by atoms with E-state index in [2.05, 4.69) is 13.0 Å². The second kappa shape index (κ2) is 2.81. The van der Waals surface area contributed by atoms with Gasteiger partial charge in [-0.15, -0.1) is 0 Å². The molecule has 2 N–H and O–H groups in total. The fourth-order valence-electron chi connectivity index (χ4n) is 0.751. The molecular weight excluding hydrogens is 229 g/mol. The molecule has 1 unspecified atom stereocenters. The molecule has 0 aromatic carbocycles. The van der Waals surface area contributed by atoms with Gasteiger partial charge in [0.05, 0.1) is 0 Å². The normalized spacial score (nSPS) is 28.1. The Morgan fingerprint density at radius 2 is 2.22 bits per heavy atom. The molecular formula is C6H10INO. The van der Waals surface area contributed by atoms with Crippen molar-refractivity contribution in [2.45, 2.75) is 13.8 Å². The van der Waals surface area contributed by atoms with Gasteiger partial charge in [0.25, 0.3) is 0 Å². The van der Waals surface area contributed by atoms with E-state index >= 15 is 0 Å². The number of hydroxylamine groups is 1. The average Bonchev–Trinajstić information content (AvgIpc) is 1.59. The van der Waals surface area contributed by atoms with Crippen molar-refractivity contribution in [2.75, 3.05) is 0 Å². The summed E-state index contributed by atoms with van der Waals surface area (Å²) < 4.78 is 1.93. The number of hydrogen-bond acceptors (Lipinski definition) is 1. The molecule has 3 heteroatoms. The van der Waals surface area contributed by atoms with Crippen LogP contribution in [0.3, 0.4) is 0 Å². The maximum absolute atomic E-state index is 9.10. The third-order valence-electron chi connectivity index (χ3n) is 1.02. The van der Waals surface area contributed by atoms with Crippen LogP contribution in [0, 0.1) is 0 Å². The topological polar surface area (TPSA) is 24.7 Å². The standard InChI is InChI=1S/C6H10INO/c1-5-3-6(2)7-8(9)4-5/h3-4,8-9H,1-2H3. The van der Waals surface area contributed by atoms with Gasteiger partial charge in [-0.25, -0.2) is 0 Å². The molecule has 0 aromatic rings. The summed E-state index contributed by atoms with van der Waals surface area (Å²) in [5, 5.41) is 9.10. The first kappa shape index (κ1) is 7.24. The molecule has 0 bridgehead atoms. The molecule has 1 aliphatic heterocycles. The molecule has 1 aliphatic rings. The van der Waals surface area contributed by atoms with Gasteiger partial charge in [-0.3, -0.25) is 0 Å². The van der Waals surface area contributed by atoms with E-state index in [1.54, 1.807) is 0 Å². The first-order valence-corrected chi connectivity index (χ1v) is 4.91. The molecule has 0 aromatic heterocycles. The van der Waals surface area contributed by atoms with Gasteiger partial charge in [0.15, 0.2) is 0 Å². The van der Waals surface area contributed by atoms with Crippen LogP contribution in [0.1, 0.15) is 13.8 Å². The second-order valence-electron chi connectivity index (χ2n) is 2.04. The molecule has 52 valence electrons. The molecule has 0 aliphatic carbocycles. The number of allylic oxidation sites excluding steroid dienone is 3. The molecule has 0 fully saturated rings. The van der Waals surface area contributed by atoms with Crippen LogP contribution in [0.5, 0.6) is 0 Å². The van der Waals surface area contributed by atoms with E-state index < -0.39 is 0 Å². The Morgan fingerprint density at radius 1 is 1.56 bits per heavy atom. The number of quaternary nitrogens is 1. The van der Waals surface area contributed by atoms with Crippen molar-refractivity contribution in [3.63, 3.8) is 0 Å². The Hall–Kier alpha value is 0.130. The Kier molecular flexibility index (Phi) is 2.26. The van der Waals surface area contributed by atoms with Crippen LogP contribution in [0.15, 0.2) is 21.4 Å². The minimum absolute atomic E-state index is 0.181. The predicted octanol–water partition coefficient (Wildman–Crippen LogP) is -2.91. The van der Waals surface area contributed by atoms with E-state index in [1.165, 1.54) is 3.58 Å². The molecule has 1 atom stereocenters. The van der Waals surface area contributed by atoms with Crippen LogP contribution < -0.4 is 24.8 Å². The SMILES string of the molecule is CC1=C[NH+](O)[I-]C(C)=C1. The third kappa shape index (κ3) is 2.08. The van der Waals surface area contributed by atoms with Crippen LogP contribution in [-0.4, -0.2) is 5.21 Å². The van der Waals surface area contributed by atoms with Crippen LogP contribution in [0.4, 0.5) is 0 Å². The minimum atomic E-state index is -0.181. The summed E-state index contributed by atoms with van der Waals surface area (Å²) in [5.74, 6) is 0. The van der Waals surface area contributed by atoms with Gasteiger partial charge in [-0.2, -0.15) is 0 Å². The summed E-state index contributed by atoms with van der Waals surface area (Å²) in [6, 6.07) is 0. The Labute approximate surface area is 65.4 Å². The summed E-state index contributed by atoms with van der Waals surface area (Å²) in [6.07, 6.45) is 3.98. The van der Waals surface area contributed by atoms with Crippen LogP contribution >= 0.6 is 0 Å². The zero-order valence-electron chi connectivity index (χ0n) is 5.48. The molecule has 0 saturated carbocycles. The van der Waals surface area contributed by atoms with Crippen molar-refractivity contribution in [3.8, 4) is 0 Å². The van der Waals surface area contributed by atoms with Gasteiger partial charge >= 0.3 is 65.2 Å². The molecule has 1 rings (SSSR count). The van der Waals surface area contributed by atoms with Gasteiger partial charge in [0, 0.05) is 0 Å². The van der Waals surface area contributed by atoms with E-state index in [9.17, 15) is 0 Å². The van der Waals surface area contributed by atoms with Crippen molar-refractivity contribution in [3.05, 3.63) is 21.4 Å². The monoisotopic (exact) mass is 239 g/mol. The van der Waals surface area contributed by atoms with E-state index in [1.807, 2.05) is 13.1 Å². The van der Waals surface area contributed by atoms with Gasteiger partial charge < -0.3 is 0 Å². The number of hydrogen-bond donors (Lipinski definition) is 2. The zero-order chi connectivity index (χ0) is 6.85. The van der Waals surface area contributed by atoms with Crippen molar-refractivity contribution in [2.24, 2.45) is 0 Å². The summed E-state index contributed by atoms with van der Waals surface area (Å²) in [5.41, 5.74) is 1.16. The molecule has 9 heavy (non-hydrogen) atoms.